The van der Waals surface area contributed by atoms with Crippen LogP contribution in [-0.4, -0.2) is 0 Å². The Balaban J connectivity index is 1.73. The van der Waals surface area contributed by atoms with Crippen LogP contribution in [0.2, 0.25) is 0 Å². The van der Waals surface area contributed by atoms with E-state index in [1.165, 1.54) is 54.9 Å². The van der Waals surface area contributed by atoms with Crippen LogP contribution in [0.1, 0.15) is 47.2 Å². The average Bonchev–Trinajstić information content (AvgIpc) is 2.85. The van der Waals surface area contributed by atoms with Crippen molar-refractivity contribution in [3.8, 4) is 0 Å². The van der Waals surface area contributed by atoms with Crippen molar-refractivity contribution in [2.75, 3.05) is 0 Å². The Bertz CT molecular complexity index is 1360. The molecular formula is C32H30. The second kappa shape index (κ2) is 9.01. The van der Waals surface area contributed by atoms with Crippen LogP contribution >= 0.6 is 0 Å². The molecule has 0 aliphatic heterocycles. The summed E-state index contributed by atoms with van der Waals surface area (Å²) in [6, 6.07) is 35.9. The highest BCUT2D eigenvalue weighted by atomic mass is 14.2. The van der Waals surface area contributed by atoms with E-state index in [9.17, 15) is 0 Å². The molecule has 5 rings (SSSR count). The van der Waals surface area contributed by atoms with Gasteiger partial charge in [-0.05, 0) is 80.6 Å². The molecule has 5 aromatic carbocycles. The molecule has 0 saturated heterocycles. The zero-order valence-corrected chi connectivity index (χ0v) is 19.1. The first-order chi connectivity index (χ1) is 15.8. The SMILES string of the molecule is CCc1ccc2c(ccc3c(Cc4ccccc4)c(Cc4ccccc4)ccc32)c1CC. The minimum Gasteiger partial charge on any atom is -0.0622 e. The van der Waals surface area contributed by atoms with Gasteiger partial charge >= 0.3 is 0 Å². The van der Waals surface area contributed by atoms with E-state index in [1.807, 2.05) is 0 Å². The summed E-state index contributed by atoms with van der Waals surface area (Å²) in [5, 5.41) is 5.57. The highest BCUT2D eigenvalue weighted by molar-refractivity contribution is 6.10. The highest BCUT2D eigenvalue weighted by Crippen LogP contribution is 2.34. The van der Waals surface area contributed by atoms with Gasteiger partial charge in [0.15, 0.2) is 0 Å². The lowest BCUT2D eigenvalue weighted by molar-refractivity contribution is 1.05. The molecule has 0 atom stereocenters. The summed E-state index contributed by atoms with van der Waals surface area (Å²) in [4.78, 5) is 0. The third-order valence-corrected chi connectivity index (χ3v) is 6.81. The zero-order chi connectivity index (χ0) is 21.9. The van der Waals surface area contributed by atoms with Crippen LogP contribution in [0.15, 0.2) is 97.1 Å². The zero-order valence-electron chi connectivity index (χ0n) is 19.1. The van der Waals surface area contributed by atoms with Crippen LogP contribution in [0.4, 0.5) is 0 Å². The normalized spacial score (nSPS) is 11.3. The average molecular weight is 415 g/mol. The fourth-order valence-electron chi connectivity index (χ4n) is 5.18. The topological polar surface area (TPSA) is 0 Å². The first-order valence-electron chi connectivity index (χ1n) is 11.8. The number of hydrogen-bond acceptors (Lipinski definition) is 0. The van der Waals surface area contributed by atoms with E-state index in [2.05, 4.69) is 111 Å². The van der Waals surface area contributed by atoms with Gasteiger partial charge in [0.25, 0.3) is 0 Å². The van der Waals surface area contributed by atoms with E-state index in [1.54, 1.807) is 0 Å². The fraction of sp³-hybridized carbons (Fsp3) is 0.188. The molecule has 5 aromatic rings. The van der Waals surface area contributed by atoms with Crippen molar-refractivity contribution in [3.05, 3.63) is 130 Å². The molecular weight excluding hydrogens is 384 g/mol. The van der Waals surface area contributed by atoms with Gasteiger partial charge in [0, 0.05) is 0 Å². The van der Waals surface area contributed by atoms with E-state index in [4.69, 9.17) is 0 Å². The molecule has 32 heavy (non-hydrogen) atoms. The van der Waals surface area contributed by atoms with Crippen molar-refractivity contribution < 1.29 is 0 Å². The molecule has 0 N–H and O–H groups in total. The summed E-state index contributed by atoms with van der Waals surface area (Å²) in [5.41, 5.74) is 8.59. The molecule has 158 valence electrons. The molecule has 0 amide bonds. The van der Waals surface area contributed by atoms with Crippen LogP contribution < -0.4 is 0 Å². The molecule has 0 bridgehead atoms. The largest absolute Gasteiger partial charge is 0.0622 e. The number of fused-ring (bicyclic) bond motifs is 3. The number of aryl methyl sites for hydroxylation is 2. The van der Waals surface area contributed by atoms with Crippen molar-refractivity contribution in [2.45, 2.75) is 39.5 Å². The monoisotopic (exact) mass is 414 g/mol. The summed E-state index contributed by atoms with van der Waals surface area (Å²) in [6.45, 7) is 4.54. The van der Waals surface area contributed by atoms with Gasteiger partial charge in [0.1, 0.15) is 0 Å². The Morgan fingerprint density at radius 2 is 0.906 bits per heavy atom. The standard InChI is InChI=1S/C32H30/c1-3-25-15-17-29-28(27(25)4-2)19-20-31-30(29)18-16-26(21-23-11-7-5-8-12-23)32(31)22-24-13-9-6-10-14-24/h5-20H,3-4,21-22H2,1-2H3. The minimum absolute atomic E-state index is 0.958. The molecule has 0 fully saturated rings. The van der Waals surface area contributed by atoms with Gasteiger partial charge in [-0.25, -0.2) is 0 Å². The second-order valence-electron chi connectivity index (χ2n) is 8.69. The van der Waals surface area contributed by atoms with Crippen molar-refractivity contribution in [1.82, 2.24) is 0 Å². The van der Waals surface area contributed by atoms with Gasteiger partial charge in [-0.1, -0.05) is 111 Å². The van der Waals surface area contributed by atoms with Crippen molar-refractivity contribution >= 4 is 21.5 Å². The lowest BCUT2D eigenvalue weighted by atomic mass is 9.87. The van der Waals surface area contributed by atoms with Crippen LogP contribution in [0.25, 0.3) is 21.5 Å². The summed E-state index contributed by atoms with van der Waals surface area (Å²) in [6.07, 6.45) is 4.09. The first-order valence-corrected chi connectivity index (χ1v) is 11.8. The molecule has 0 spiro atoms. The maximum Gasteiger partial charge on any atom is -0.00168 e. The van der Waals surface area contributed by atoms with Crippen LogP contribution in [-0.2, 0) is 25.7 Å². The van der Waals surface area contributed by atoms with E-state index < -0.39 is 0 Å². The molecule has 0 saturated carbocycles. The smallest absolute Gasteiger partial charge is 0.00168 e. The van der Waals surface area contributed by atoms with Gasteiger partial charge in [-0.2, -0.15) is 0 Å². The van der Waals surface area contributed by atoms with E-state index >= 15 is 0 Å². The van der Waals surface area contributed by atoms with Crippen LogP contribution in [0.3, 0.4) is 0 Å². The van der Waals surface area contributed by atoms with Gasteiger partial charge in [-0.15, -0.1) is 0 Å². The highest BCUT2D eigenvalue weighted by Gasteiger charge is 2.13. The number of hydrogen-bond donors (Lipinski definition) is 0. The van der Waals surface area contributed by atoms with Gasteiger partial charge in [0.2, 0.25) is 0 Å². The molecule has 0 aromatic heterocycles. The lowest BCUT2D eigenvalue weighted by Crippen LogP contribution is -2.00. The summed E-state index contributed by atoms with van der Waals surface area (Å²) >= 11 is 0. The summed E-state index contributed by atoms with van der Waals surface area (Å²) < 4.78 is 0. The fourth-order valence-corrected chi connectivity index (χ4v) is 5.18. The Kier molecular flexibility index (Phi) is 5.77. The maximum absolute atomic E-state index is 2.38. The van der Waals surface area contributed by atoms with Crippen LogP contribution in [0, 0.1) is 0 Å². The molecule has 0 aliphatic carbocycles. The van der Waals surface area contributed by atoms with Gasteiger partial charge < -0.3 is 0 Å². The molecule has 0 unspecified atom stereocenters. The van der Waals surface area contributed by atoms with Crippen LogP contribution in [0.5, 0.6) is 0 Å². The second-order valence-corrected chi connectivity index (χ2v) is 8.69. The van der Waals surface area contributed by atoms with Crippen molar-refractivity contribution in [3.63, 3.8) is 0 Å². The Labute approximate surface area is 191 Å². The maximum atomic E-state index is 2.38. The third-order valence-electron chi connectivity index (χ3n) is 6.81. The molecule has 0 heterocycles. The molecule has 0 nitrogen and oxygen atoms in total. The quantitative estimate of drug-likeness (QED) is 0.245. The predicted molar refractivity (Wildman–Crippen MR) is 139 cm³/mol. The van der Waals surface area contributed by atoms with E-state index in [-0.39, 0.29) is 0 Å². The Morgan fingerprint density at radius 3 is 1.47 bits per heavy atom. The molecule has 0 heteroatoms. The first kappa shape index (κ1) is 20.5. The minimum atomic E-state index is 0.958. The predicted octanol–water partition coefficient (Wildman–Crippen LogP) is 8.30. The number of benzene rings is 5. The van der Waals surface area contributed by atoms with Gasteiger partial charge in [0.05, 0.1) is 0 Å². The van der Waals surface area contributed by atoms with Gasteiger partial charge in [-0.3, -0.25) is 0 Å². The molecule has 0 aliphatic rings. The van der Waals surface area contributed by atoms with Crippen molar-refractivity contribution in [2.24, 2.45) is 0 Å². The lowest BCUT2D eigenvalue weighted by Gasteiger charge is -2.17. The number of rotatable bonds is 6. The molecule has 0 radical (unpaired) electrons. The summed E-state index contributed by atoms with van der Waals surface area (Å²) in [5.74, 6) is 0. The summed E-state index contributed by atoms with van der Waals surface area (Å²) in [7, 11) is 0. The Hall–Kier alpha value is -3.38. The van der Waals surface area contributed by atoms with E-state index in [0.29, 0.717) is 0 Å². The van der Waals surface area contributed by atoms with E-state index in [0.717, 1.165) is 25.7 Å². The van der Waals surface area contributed by atoms with Crippen molar-refractivity contribution in [1.29, 1.82) is 0 Å². The third kappa shape index (κ3) is 3.82. The Morgan fingerprint density at radius 1 is 0.406 bits per heavy atom.